The van der Waals surface area contributed by atoms with Crippen molar-refractivity contribution < 1.29 is 19.8 Å². The number of hydrogen-bond acceptors (Lipinski definition) is 3. The highest BCUT2D eigenvalue weighted by molar-refractivity contribution is 9.11. The van der Waals surface area contributed by atoms with Crippen LogP contribution in [0.15, 0.2) is 27.1 Å². The molecule has 0 aliphatic carbocycles. The number of carboxylic acids is 1. The van der Waals surface area contributed by atoms with Crippen LogP contribution >= 0.6 is 31.9 Å². The third kappa shape index (κ3) is 3.79. The third-order valence-corrected chi connectivity index (χ3v) is 3.39. The van der Waals surface area contributed by atoms with Crippen LogP contribution in [-0.4, -0.2) is 34.2 Å². The molecule has 0 aromatic heterocycles. The van der Waals surface area contributed by atoms with Crippen molar-refractivity contribution in [3.8, 4) is 0 Å². The molecular formula is C11H11Br2NO4. The van der Waals surface area contributed by atoms with Crippen LogP contribution in [0.3, 0.4) is 0 Å². The topological polar surface area (TPSA) is 86.6 Å². The predicted octanol–water partition coefficient (Wildman–Crippen LogP) is 1.78. The first kappa shape index (κ1) is 15.1. The lowest BCUT2D eigenvalue weighted by atomic mass is 10.1. The van der Waals surface area contributed by atoms with Crippen molar-refractivity contribution in [2.75, 3.05) is 0 Å². The Morgan fingerprint density at radius 3 is 2.44 bits per heavy atom. The Labute approximate surface area is 120 Å². The summed E-state index contributed by atoms with van der Waals surface area (Å²) >= 11 is 6.43. The van der Waals surface area contributed by atoms with E-state index < -0.39 is 24.0 Å². The molecule has 0 aliphatic rings. The van der Waals surface area contributed by atoms with Gasteiger partial charge in [-0.25, -0.2) is 4.79 Å². The summed E-state index contributed by atoms with van der Waals surface area (Å²) in [5.74, 6) is -1.86. The van der Waals surface area contributed by atoms with E-state index in [0.29, 0.717) is 8.95 Å². The van der Waals surface area contributed by atoms with Crippen molar-refractivity contribution >= 4 is 43.7 Å². The van der Waals surface area contributed by atoms with E-state index in [-0.39, 0.29) is 5.56 Å². The third-order valence-electron chi connectivity index (χ3n) is 2.21. The highest BCUT2D eigenvalue weighted by atomic mass is 79.9. The summed E-state index contributed by atoms with van der Waals surface area (Å²) < 4.78 is 1.23. The fraction of sp³-hybridized carbons (Fsp3) is 0.273. The Bertz CT molecular complexity index is 476. The van der Waals surface area contributed by atoms with Gasteiger partial charge in [0.05, 0.1) is 11.7 Å². The van der Waals surface area contributed by atoms with E-state index in [2.05, 4.69) is 37.2 Å². The first-order chi connectivity index (χ1) is 8.32. The van der Waals surface area contributed by atoms with Crippen molar-refractivity contribution in [1.82, 2.24) is 5.32 Å². The summed E-state index contributed by atoms with van der Waals surface area (Å²) in [5.41, 5.74) is 0.288. The van der Waals surface area contributed by atoms with Gasteiger partial charge in [0.25, 0.3) is 5.91 Å². The number of amides is 1. The number of nitrogens with one attached hydrogen (secondary N) is 1. The van der Waals surface area contributed by atoms with E-state index in [4.69, 9.17) is 5.11 Å². The van der Waals surface area contributed by atoms with Gasteiger partial charge in [-0.2, -0.15) is 0 Å². The Morgan fingerprint density at radius 1 is 1.33 bits per heavy atom. The average Bonchev–Trinajstić information content (AvgIpc) is 2.28. The number of aliphatic carboxylic acids is 1. The second kappa shape index (κ2) is 6.31. The Hall–Kier alpha value is -0.920. The first-order valence-electron chi connectivity index (χ1n) is 4.99. The molecule has 0 heterocycles. The van der Waals surface area contributed by atoms with Gasteiger partial charge >= 0.3 is 5.97 Å². The minimum atomic E-state index is -1.34. The second-order valence-corrected chi connectivity index (χ2v) is 5.42. The Balaban J connectivity index is 2.94. The monoisotopic (exact) mass is 379 g/mol. The molecule has 2 unspecified atom stereocenters. The summed E-state index contributed by atoms with van der Waals surface area (Å²) in [7, 11) is 0. The summed E-state index contributed by atoms with van der Waals surface area (Å²) in [6.45, 7) is 1.30. The van der Waals surface area contributed by atoms with Crippen molar-refractivity contribution in [3.63, 3.8) is 0 Å². The second-order valence-electron chi connectivity index (χ2n) is 3.65. The molecule has 0 saturated heterocycles. The predicted molar refractivity (Wildman–Crippen MR) is 72.4 cm³/mol. The van der Waals surface area contributed by atoms with Crippen molar-refractivity contribution in [2.45, 2.75) is 19.1 Å². The molecule has 2 atom stereocenters. The maximum absolute atomic E-state index is 11.9. The molecule has 1 rings (SSSR count). The molecule has 0 saturated carbocycles. The van der Waals surface area contributed by atoms with E-state index in [1.54, 1.807) is 18.2 Å². The quantitative estimate of drug-likeness (QED) is 0.743. The van der Waals surface area contributed by atoms with Gasteiger partial charge in [-0.3, -0.25) is 4.79 Å². The van der Waals surface area contributed by atoms with Crippen molar-refractivity contribution in [2.24, 2.45) is 0 Å². The van der Waals surface area contributed by atoms with Gasteiger partial charge in [0, 0.05) is 8.95 Å². The lowest BCUT2D eigenvalue weighted by Gasteiger charge is -2.17. The largest absolute Gasteiger partial charge is 0.480 e. The number of halogens is 2. The Kier molecular flexibility index (Phi) is 5.30. The summed E-state index contributed by atoms with van der Waals surface area (Å²) in [6.07, 6.45) is -1.18. The maximum atomic E-state index is 11.9. The molecule has 0 bridgehead atoms. The molecule has 1 aromatic rings. The molecule has 18 heavy (non-hydrogen) atoms. The highest BCUT2D eigenvalue weighted by Gasteiger charge is 2.26. The normalized spacial score (nSPS) is 13.8. The number of aliphatic hydroxyl groups is 1. The number of hydrogen-bond donors (Lipinski definition) is 3. The fourth-order valence-electron chi connectivity index (χ4n) is 1.28. The SMILES string of the molecule is CC(O)C(NC(=O)c1cc(Br)ccc1Br)C(=O)O. The van der Waals surface area contributed by atoms with Crippen LogP contribution in [-0.2, 0) is 4.79 Å². The minimum absolute atomic E-state index is 0.288. The van der Waals surface area contributed by atoms with Crippen LogP contribution in [0.1, 0.15) is 17.3 Å². The van der Waals surface area contributed by atoms with Crippen LogP contribution in [0.2, 0.25) is 0 Å². The van der Waals surface area contributed by atoms with Gasteiger partial charge < -0.3 is 15.5 Å². The molecule has 0 fully saturated rings. The van der Waals surface area contributed by atoms with Gasteiger partial charge in [0.2, 0.25) is 0 Å². The van der Waals surface area contributed by atoms with Gasteiger partial charge in [-0.15, -0.1) is 0 Å². The molecule has 7 heteroatoms. The van der Waals surface area contributed by atoms with E-state index >= 15 is 0 Å². The van der Waals surface area contributed by atoms with Gasteiger partial charge in [-0.1, -0.05) is 15.9 Å². The standard InChI is InChI=1S/C11H11Br2NO4/c1-5(15)9(11(17)18)14-10(16)7-4-6(12)2-3-8(7)13/h2-5,9,15H,1H3,(H,14,16)(H,17,18). The van der Waals surface area contributed by atoms with E-state index in [1.807, 2.05) is 0 Å². The van der Waals surface area contributed by atoms with E-state index in [9.17, 15) is 14.7 Å². The molecule has 1 amide bonds. The number of carbonyl (C=O) groups excluding carboxylic acids is 1. The fourth-order valence-corrected chi connectivity index (χ4v) is 2.07. The van der Waals surface area contributed by atoms with Gasteiger partial charge in [0.1, 0.15) is 0 Å². The maximum Gasteiger partial charge on any atom is 0.328 e. The lowest BCUT2D eigenvalue weighted by Crippen LogP contribution is -2.47. The van der Waals surface area contributed by atoms with Crippen LogP contribution in [0.4, 0.5) is 0 Å². The zero-order valence-electron chi connectivity index (χ0n) is 9.35. The minimum Gasteiger partial charge on any atom is -0.480 e. The molecule has 0 spiro atoms. The summed E-state index contributed by atoms with van der Waals surface area (Å²) in [6, 6.07) is 3.62. The molecule has 0 radical (unpaired) electrons. The highest BCUT2D eigenvalue weighted by Crippen LogP contribution is 2.21. The van der Waals surface area contributed by atoms with Gasteiger partial charge in [-0.05, 0) is 41.1 Å². The van der Waals surface area contributed by atoms with Crippen molar-refractivity contribution in [1.29, 1.82) is 0 Å². The Morgan fingerprint density at radius 2 is 1.94 bits per heavy atom. The average molecular weight is 381 g/mol. The number of carboxylic acid groups (broad SMARTS) is 1. The van der Waals surface area contributed by atoms with Crippen LogP contribution in [0.5, 0.6) is 0 Å². The molecular weight excluding hydrogens is 370 g/mol. The lowest BCUT2D eigenvalue weighted by molar-refractivity contribution is -0.141. The zero-order valence-corrected chi connectivity index (χ0v) is 12.5. The summed E-state index contributed by atoms with van der Waals surface area (Å²) in [5, 5.41) is 20.4. The van der Waals surface area contributed by atoms with E-state index in [1.165, 1.54) is 6.92 Å². The molecule has 98 valence electrons. The molecule has 1 aromatic carbocycles. The van der Waals surface area contributed by atoms with Crippen LogP contribution in [0, 0.1) is 0 Å². The number of rotatable bonds is 4. The van der Waals surface area contributed by atoms with Gasteiger partial charge in [0.15, 0.2) is 6.04 Å². The van der Waals surface area contributed by atoms with E-state index in [0.717, 1.165) is 0 Å². The first-order valence-corrected chi connectivity index (χ1v) is 6.58. The number of aliphatic hydroxyl groups excluding tert-OH is 1. The van der Waals surface area contributed by atoms with Crippen LogP contribution in [0.25, 0.3) is 0 Å². The molecule has 0 aliphatic heterocycles. The molecule has 5 nitrogen and oxygen atoms in total. The molecule has 3 N–H and O–H groups in total. The summed E-state index contributed by atoms with van der Waals surface area (Å²) in [4.78, 5) is 22.8. The van der Waals surface area contributed by atoms with Crippen molar-refractivity contribution in [3.05, 3.63) is 32.7 Å². The van der Waals surface area contributed by atoms with Crippen LogP contribution < -0.4 is 5.32 Å². The zero-order chi connectivity index (χ0) is 13.9. The smallest absolute Gasteiger partial charge is 0.328 e. The number of benzene rings is 1. The number of carbonyl (C=O) groups is 2.